The Morgan fingerprint density at radius 3 is 3.05 bits per heavy atom. The molecule has 2 aromatic heterocycles. The van der Waals surface area contributed by atoms with Crippen LogP contribution in [0.2, 0.25) is 0 Å². The number of hydroxylamine groups is 1. The molecule has 6 nitrogen and oxygen atoms in total. The fourth-order valence-corrected chi connectivity index (χ4v) is 2.26. The average Bonchev–Trinajstić information content (AvgIpc) is 2.84. The van der Waals surface area contributed by atoms with Gasteiger partial charge in [-0.1, -0.05) is 13.3 Å². The van der Waals surface area contributed by atoms with Gasteiger partial charge in [-0.05, 0) is 43.7 Å². The Hall–Kier alpha value is -2.18. The molecule has 0 aliphatic carbocycles. The highest BCUT2D eigenvalue weighted by atomic mass is 16.5. The topological polar surface area (TPSA) is 78.7 Å². The lowest BCUT2D eigenvalue weighted by atomic mass is 10.2. The lowest BCUT2D eigenvalue weighted by molar-refractivity contribution is -0.124. The maximum Gasteiger partial charge on any atom is 0.267 e. The summed E-state index contributed by atoms with van der Waals surface area (Å²) in [6.07, 6.45) is 7.19. The SMILES string of the molecule is CCCCNCc1c(C)nc2cc(/C=C/C(=O)NO)ccn12. The van der Waals surface area contributed by atoms with Crippen LogP contribution in [0, 0.1) is 6.92 Å². The number of amides is 1. The van der Waals surface area contributed by atoms with Gasteiger partial charge in [-0.3, -0.25) is 10.0 Å². The van der Waals surface area contributed by atoms with Gasteiger partial charge in [0.05, 0.1) is 11.4 Å². The van der Waals surface area contributed by atoms with Gasteiger partial charge in [0, 0.05) is 18.8 Å². The van der Waals surface area contributed by atoms with Crippen molar-refractivity contribution in [3.05, 3.63) is 41.4 Å². The number of unbranched alkanes of at least 4 members (excludes halogenated alkanes) is 1. The fourth-order valence-electron chi connectivity index (χ4n) is 2.26. The van der Waals surface area contributed by atoms with Crippen LogP contribution in [0.4, 0.5) is 0 Å². The van der Waals surface area contributed by atoms with Gasteiger partial charge in [-0.15, -0.1) is 0 Å². The van der Waals surface area contributed by atoms with E-state index >= 15 is 0 Å². The Morgan fingerprint density at radius 2 is 2.32 bits per heavy atom. The number of aromatic nitrogens is 2. The van der Waals surface area contributed by atoms with Crippen LogP contribution >= 0.6 is 0 Å². The van der Waals surface area contributed by atoms with Crippen LogP contribution in [0.25, 0.3) is 11.7 Å². The number of nitrogens with one attached hydrogen (secondary N) is 2. The van der Waals surface area contributed by atoms with E-state index in [0.29, 0.717) is 0 Å². The van der Waals surface area contributed by atoms with Gasteiger partial charge in [0.15, 0.2) is 0 Å². The molecule has 0 saturated heterocycles. The molecule has 2 aromatic rings. The van der Waals surface area contributed by atoms with Crippen molar-refractivity contribution in [1.29, 1.82) is 0 Å². The second-order valence-corrected chi connectivity index (χ2v) is 5.17. The number of fused-ring (bicyclic) bond motifs is 1. The van der Waals surface area contributed by atoms with Crippen molar-refractivity contribution in [2.24, 2.45) is 0 Å². The van der Waals surface area contributed by atoms with Gasteiger partial charge < -0.3 is 9.72 Å². The number of carbonyl (C=O) groups is 1. The molecule has 0 aliphatic rings. The molecule has 2 rings (SSSR count). The van der Waals surface area contributed by atoms with Crippen LogP contribution in [0.5, 0.6) is 0 Å². The summed E-state index contributed by atoms with van der Waals surface area (Å²) in [6, 6.07) is 3.81. The molecule has 0 aromatic carbocycles. The molecule has 0 radical (unpaired) electrons. The van der Waals surface area contributed by atoms with E-state index in [1.165, 1.54) is 12.5 Å². The van der Waals surface area contributed by atoms with Crippen molar-refractivity contribution in [1.82, 2.24) is 20.2 Å². The first kappa shape index (κ1) is 16.2. The molecule has 2 heterocycles. The quantitative estimate of drug-likeness (QED) is 0.316. The summed E-state index contributed by atoms with van der Waals surface area (Å²) in [4.78, 5) is 15.6. The van der Waals surface area contributed by atoms with Crippen LogP contribution < -0.4 is 10.8 Å². The second kappa shape index (κ2) is 7.72. The average molecular weight is 302 g/mol. The van der Waals surface area contributed by atoms with Crippen molar-refractivity contribution < 1.29 is 10.0 Å². The van der Waals surface area contributed by atoms with Gasteiger partial charge in [-0.2, -0.15) is 0 Å². The maximum atomic E-state index is 11.0. The van der Waals surface area contributed by atoms with E-state index in [1.807, 2.05) is 25.3 Å². The van der Waals surface area contributed by atoms with Crippen molar-refractivity contribution in [2.45, 2.75) is 33.2 Å². The largest absolute Gasteiger partial charge is 0.311 e. The predicted molar refractivity (Wildman–Crippen MR) is 85.5 cm³/mol. The van der Waals surface area contributed by atoms with Crippen molar-refractivity contribution >= 4 is 17.6 Å². The van der Waals surface area contributed by atoms with E-state index in [0.717, 1.165) is 42.1 Å². The normalized spacial score (nSPS) is 11.4. The van der Waals surface area contributed by atoms with E-state index < -0.39 is 5.91 Å². The Balaban J connectivity index is 2.17. The highest BCUT2D eigenvalue weighted by Crippen LogP contribution is 2.14. The monoisotopic (exact) mass is 302 g/mol. The number of hydrogen-bond donors (Lipinski definition) is 3. The molecular formula is C16H22N4O2. The number of hydrogen-bond acceptors (Lipinski definition) is 4. The first-order valence-corrected chi connectivity index (χ1v) is 7.46. The third-order valence-corrected chi connectivity index (χ3v) is 3.49. The summed E-state index contributed by atoms with van der Waals surface area (Å²) in [5.41, 5.74) is 5.41. The highest BCUT2D eigenvalue weighted by molar-refractivity contribution is 5.90. The molecule has 22 heavy (non-hydrogen) atoms. The molecule has 0 fully saturated rings. The maximum absolute atomic E-state index is 11.0. The molecule has 0 saturated carbocycles. The number of imidazole rings is 1. The molecule has 0 aliphatic heterocycles. The molecule has 0 bridgehead atoms. The number of rotatable bonds is 7. The van der Waals surface area contributed by atoms with E-state index in [4.69, 9.17) is 5.21 Å². The molecule has 0 atom stereocenters. The first-order valence-electron chi connectivity index (χ1n) is 7.46. The molecule has 1 amide bonds. The van der Waals surface area contributed by atoms with Crippen LogP contribution in [0.1, 0.15) is 36.7 Å². The van der Waals surface area contributed by atoms with Crippen LogP contribution in [0.3, 0.4) is 0 Å². The van der Waals surface area contributed by atoms with E-state index in [9.17, 15) is 4.79 Å². The summed E-state index contributed by atoms with van der Waals surface area (Å²) in [6.45, 7) is 5.96. The third kappa shape index (κ3) is 3.93. The summed E-state index contributed by atoms with van der Waals surface area (Å²) >= 11 is 0. The number of pyridine rings is 1. The lowest BCUT2D eigenvalue weighted by Crippen LogP contribution is -2.16. The Labute approximate surface area is 129 Å². The number of nitrogens with zero attached hydrogens (tertiary/aromatic N) is 2. The first-order chi connectivity index (χ1) is 10.7. The zero-order valence-electron chi connectivity index (χ0n) is 13.0. The van der Waals surface area contributed by atoms with E-state index in [-0.39, 0.29) is 0 Å². The van der Waals surface area contributed by atoms with Crippen LogP contribution in [0.15, 0.2) is 24.4 Å². The molecule has 0 unspecified atom stereocenters. The zero-order chi connectivity index (χ0) is 15.9. The standard InChI is InChI=1S/C16H22N4O2/c1-3-4-8-17-11-14-12(2)18-15-10-13(7-9-20(14)15)5-6-16(21)19-22/h5-7,9-10,17,22H,3-4,8,11H2,1-2H3,(H,19,21)/b6-5+. The molecule has 3 N–H and O–H groups in total. The smallest absolute Gasteiger partial charge is 0.267 e. The summed E-state index contributed by atoms with van der Waals surface area (Å²) in [5.74, 6) is -0.555. The summed E-state index contributed by atoms with van der Waals surface area (Å²) in [7, 11) is 0. The van der Waals surface area contributed by atoms with Crippen LogP contribution in [-0.2, 0) is 11.3 Å². The van der Waals surface area contributed by atoms with Crippen LogP contribution in [-0.4, -0.2) is 27.0 Å². The minimum atomic E-state index is -0.555. The van der Waals surface area contributed by atoms with Gasteiger partial charge in [0.1, 0.15) is 5.65 Å². The highest BCUT2D eigenvalue weighted by Gasteiger charge is 2.08. The minimum Gasteiger partial charge on any atom is -0.311 e. The van der Waals surface area contributed by atoms with Crippen molar-refractivity contribution in [3.63, 3.8) is 0 Å². The third-order valence-electron chi connectivity index (χ3n) is 3.49. The fraction of sp³-hybridized carbons (Fsp3) is 0.375. The summed E-state index contributed by atoms with van der Waals surface area (Å²) in [5, 5.41) is 11.9. The van der Waals surface area contributed by atoms with E-state index in [2.05, 4.69) is 21.6 Å². The predicted octanol–water partition coefficient (Wildman–Crippen LogP) is 2.05. The van der Waals surface area contributed by atoms with Gasteiger partial charge >= 0.3 is 0 Å². The van der Waals surface area contributed by atoms with Gasteiger partial charge in [-0.25, -0.2) is 10.5 Å². The van der Waals surface area contributed by atoms with Crippen molar-refractivity contribution in [3.8, 4) is 0 Å². The Kier molecular flexibility index (Phi) is 5.68. The van der Waals surface area contributed by atoms with E-state index in [1.54, 1.807) is 11.6 Å². The molecule has 0 spiro atoms. The minimum absolute atomic E-state index is 0.555. The molecule has 6 heteroatoms. The molecular weight excluding hydrogens is 280 g/mol. The Morgan fingerprint density at radius 1 is 1.50 bits per heavy atom. The number of aryl methyl sites for hydroxylation is 1. The molecule has 118 valence electrons. The van der Waals surface area contributed by atoms with Gasteiger partial charge in [0.25, 0.3) is 5.91 Å². The number of carbonyl (C=O) groups excluding carboxylic acids is 1. The zero-order valence-corrected chi connectivity index (χ0v) is 13.0. The second-order valence-electron chi connectivity index (χ2n) is 5.17. The lowest BCUT2D eigenvalue weighted by Gasteiger charge is -2.05. The summed E-state index contributed by atoms with van der Waals surface area (Å²) < 4.78 is 2.05. The van der Waals surface area contributed by atoms with Crippen molar-refractivity contribution in [2.75, 3.05) is 6.54 Å². The van der Waals surface area contributed by atoms with Gasteiger partial charge in [0.2, 0.25) is 0 Å². The Bertz CT molecular complexity index is 676.